The minimum absolute atomic E-state index is 0.129. The molecule has 0 aromatic heterocycles. The first-order chi connectivity index (χ1) is 15.2. The number of methoxy groups -OCH3 is 1. The van der Waals surface area contributed by atoms with Crippen molar-refractivity contribution in [3.8, 4) is 0 Å². The van der Waals surface area contributed by atoms with Gasteiger partial charge in [0.2, 0.25) is 23.6 Å². The summed E-state index contributed by atoms with van der Waals surface area (Å²) < 4.78 is 9.76. The van der Waals surface area contributed by atoms with Gasteiger partial charge in [0.15, 0.2) is 0 Å². The molecular weight excluding hydrogens is 418 g/mol. The highest BCUT2D eigenvalue weighted by atomic mass is 16.5. The molecule has 1 saturated heterocycles. The number of benzene rings is 1. The maximum Gasteiger partial charge on any atom is 0.328 e. The zero-order chi connectivity index (χ0) is 23.7. The van der Waals surface area contributed by atoms with Crippen LogP contribution in [0.1, 0.15) is 32.3 Å². The standard InChI is InChI=1S/C22H29N3O7/c1-14(2)21(22(30)31-3)24-18(27)13-32-12-17(26)23-16-7-4-15(5-8-16)6-9-19(28)25-11-10-20(25)29/h4-5,7-8,14,21H,6,9-13H2,1-3H3,(H,23,26)(H,24,27). The molecular formula is C22H29N3O7. The molecule has 0 spiro atoms. The summed E-state index contributed by atoms with van der Waals surface area (Å²) in [5, 5.41) is 5.16. The van der Waals surface area contributed by atoms with E-state index in [1.165, 1.54) is 12.0 Å². The minimum Gasteiger partial charge on any atom is -0.467 e. The second-order valence-corrected chi connectivity index (χ2v) is 7.74. The molecule has 32 heavy (non-hydrogen) atoms. The van der Waals surface area contributed by atoms with E-state index in [2.05, 4.69) is 15.4 Å². The molecule has 1 heterocycles. The number of hydrogen-bond donors (Lipinski definition) is 2. The Labute approximate surface area is 186 Å². The Morgan fingerprint density at radius 1 is 1.06 bits per heavy atom. The predicted molar refractivity (Wildman–Crippen MR) is 114 cm³/mol. The van der Waals surface area contributed by atoms with E-state index in [0.29, 0.717) is 25.1 Å². The van der Waals surface area contributed by atoms with Crippen molar-refractivity contribution >= 4 is 35.3 Å². The van der Waals surface area contributed by atoms with E-state index in [9.17, 15) is 24.0 Å². The van der Waals surface area contributed by atoms with E-state index in [1.807, 2.05) is 0 Å². The number of hydrogen-bond acceptors (Lipinski definition) is 7. The van der Waals surface area contributed by atoms with E-state index < -0.39 is 23.8 Å². The molecule has 0 radical (unpaired) electrons. The molecule has 0 bridgehead atoms. The van der Waals surface area contributed by atoms with Gasteiger partial charge in [0.25, 0.3) is 0 Å². The van der Waals surface area contributed by atoms with Crippen molar-refractivity contribution in [1.82, 2.24) is 10.2 Å². The lowest BCUT2D eigenvalue weighted by Crippen LogP contribution is -2.47. The first kappa shape index (κ1) is 25.0. The topological polar surface area (TPSA) is 131 Å². The number of anilines is 1. The molecule has 1 aromatic carbocycles. The molecule has 0 saturated carbocycles. The third kappa shape index (κ3) is 7.45. The van der Waals surface area contributed by atoms with Gasteiger partial charge < -0.3 is 20.1 Å². The number of carbonyl (C=O) groups excluding carboxylic acids is 5. The molecule has 10 heteroatoms. The van der Waals surface area contributed by atoms with Crippen LogP contribution in [0.15, 0.2) is 24.3 Å². The maximum absolute atomic E-state index is 12.0. The molecule has 1 unspecified atom stereocenters. The Hall–Kier alpha value is -3.27. The number of nitrogens with one attached hydrogen (secondary N) is 2. The number of imide groups is 1. The summed E-state index contributed by atoms with van der Waals surface area (Å²) in [4.78, 5) is 60.0. The van der Waals surface area contributed by atoms with Crippen LogP contribution in [0.5, 0.6) is 0 Å². The van der Waals surface area contributed by atoms with Crippen molar-refractivity contribution in [3.05, 3.63) is 29.8 Å². The molecule has 1 aliphatic heterocycles. The lowest BCUT2D eigenvalue weighted by atomic mass is 10.0. The fourth-order valence-corrected chi connectivity index (χ4v) is 2.99. The van der Waals surface area contributed by atoms with Gasteiger partial charge in [-0.15, -0.1) is 0 Å². The van der Waals surface area contributed by atoms with Crippen LogP contribution in [0.4, 0.5) is 5.69 Å². The van der Waals surface area contributed by atoms with E-state index in [4.69, 9.17) is 4.74 Å². The van der Waals surface area contributed by atoms with Crippen LogP contribution >= 0.6 is 0 Å². The number of nitrogens with zero attached hydrogens (tertiary/aromatic N) is 1. The fraction of sp³-hybridized carbons (Fsp3) is 0.500. The number of aryl methyl sites for hydroxylation is 1. The molecule has 1 aromatic rings. The Morgan fingerprint density at radius 2 is 1.72 bits per heavy atom. The Bertz CT molecular complexity index is 852. The molecule has 1 aliphatic rings. The van der Waals surface area contributed by atoms with E-state index in [-0.39, 0.29) is 37.4 Å². The van der Waals surface area contributed by atoms with Gasteiger partial charge in [0.05, 0.1) is 7.11 Å². The van der Waals surface area contributed by atoms with Crippen molar-refractivity contribution in [2.24, 2.45) is 5.92 Å². The number of β-lactam (4-membered cyclic amide) rings is 1. The summed E-state index contributed by atoms with van der Waals surface area (Å²) in [6.45, 7) is 3.33. The summed E-state index contributed by atoms with van der Waals surface area (Å²) in [6.07, 6.45) is 1.18. The second kappa shape index (κ2) is 11.9. The molecule has 0 aliphatic carbocycles. The van der Waals surface area contributed by atoms with Crippen molar-refractivity contribution in [2.45, 2.75) is 39.2 Å². The van der Waals surface area contributed by atoms with Crippen LogP contribution in [0.25, 0.3) is 0 Å². The van der Waals surface area contributed by atoms with E-state index in [0.717, 1.165) is 5.56 Å². The van der Waals surface area contributed by atoms with E-state index >= 15 is 0 Å². The number of rotatable bonds is 11. The molecule has 4 amide bonds. The molecule has 1 atom stereocenters. The number of likely N-dealkylation sites (tertiary alicyclic amines) is 1. The van der Waals surface area contributed by atoms with Crippen molar-refractivity contribution in [2.75, 3.05) is 32.2 Å². The lowest BCUT2D eigenvalue weighted by Gasteiger charge is -2.28. The number of amides is 4. The van der Waals surface area contributed by atoms with Gasteiger partial charge in [-0.2, -0.15) is 0 Å². The monoisotopic (exact) mass is 447 g/mol. The average Bonchev–Trinajstić information content (AvgIpc) is 2.75. The normalized spacial score (nSPS) is 13.9. The number of carbonyl (C=O) groups is 5. The SMILES string of the molecule is COC(=O)C(NC(=O)COCC(=O)Nc1ccc(CCC(=O)N2CCC2=O)cc1)C(C)C. The zero-order valence-corrected chi connectivity index (χ0v) is 18.5. The Kier molecular flexibility index (Phi) is 9.33. The van der Waals surface area contributed by atoms with Gasteiger partial charge in [-0.3, -0.25) is 24.1 Å². The van der Waals surface area contributed by atoms with Crippen molar-refractivity contribution in [1.29, 1.82) is 0 Å². The van der Waals surface area contributed by atoms with Gasteiger partial charge in [0, 0.05) is 25.1 Å². The summed E-state index contributed by atoms with van der Waals surface area (Å²) in [7, 11) is 1.24. The molecule has 2 N–H and O–H groups in total. The zero-order valence-electron chi connectivity index (χ0n) is 18.5. The van der Waals surface area contributed by atoms with Crippen LogP contribution < -0.4 is 10.6 Å². The summed E-state index contributed by atoms with van der Waals surface area (Å²) in [5.74, 6) is -1.98. The molecule has 2 rings (SSSR count). The predicted octanol–water partition coefficient (Wildman–Crippen LogP) is 0.647. The van der Waals surface area contributed by atoms with Gasteiger partial charge >= 0.3 is 5.97 Å². The highest BCUT2D eigenvalue weighted by Gasteiger charge is 2.29. The third-order valence-corrected chi connectivity index (χ3v) is 4.92. The van der Waals surface area contributed by atoms with Gasteiger partial charge in [-0.05, 0) is 30.0 Å². The lowest BCUT2D eigenvalue weighted by molar-refractivity contribution is -0.152. The largest absolute Gasteiger partial charge is 0.467 e. The third-order valence-electron chi connectivity index (χ3n) is 4.92. The van der Waals surface area contributed by atoms with Crippen molar-refractivity contribution in [3.63, 3.8) is 0 Å². The fourth-order valence-electron chi connectivity index (χ4n) is 2.99. The summed E-state index contributed by atoms with van der Waals surface area (Å²) in [5.41, 5.74) is 1.45. The highest BCUT2D eigenvalue weighted by Crippen LogP contribution is 2.14. The van der Waals surface area contributed by atoms with E-state index in [1.54, 1.807) is 38.1 Å². The molecule has 1 fully saturated rings. The van der Waals surface area contributed by atoms with Gasteiger partial charge in [-0.1, -0.05) is 26.0 Å². The first-order valence-corrected chi connectivity index (χ1v) is 10.4. The quantitative estimate of drug-likeness (QED) is 0.376. The van der Waals surface area contributed by atoms with Gasteiger partial charge in [-0.25, -0.2) is 4.79 Å². The first-order valence-electron chi connectivity index (χ1n) is 10.4. The highest BCUT2D eigenvalue weighted by molar-refractivity contribution is 5.99. The second-order valence-electron chi connectivity index (χ2n) is 7.74. The molecule has 174 valence electrons. The van der Waals surface area contributed by atoms with Crippen LogP contribution in [0, 0.1) is 5.92 Å². The molecule has 10 nitrogen and oxygen atoms in total. The van der Waals surface area contributed by atoms with Crippen LogP contribution in [-0.4, -0.2) is 67.4 Å². The Balaban J connectivity index is 1.69. The van der Waals surface area contributed by atoms with Gasteiger partial charge in [0.1, 0.15) is 19.3 Å². The number of esters is 1. The van der Waals surface area contributed by atoms with Crippen LogP contribution in [0.2, 0.25) is 0 Å². The van der Waals surface area contributed by atoms with Crippen molar-refractivity contribution < 1.29 is 33.4 Å². The van der Waals surface area contributed by atoms with Crippen LogP contribution in [-0.2, 0) is 39.9 Å². The minimum atomic E-state index is -0.787. The summed E-state index contributed by atoms with van der Waals surface area (Å²) in [6, 6.07) is 6.18. The van der Waals surface area contributed by atoms with Crippen LogP contribution in [0.3, 0.4) is 0 Å². The maximum atomic E-state index is 12.0. The Morgan fingerprint density at radius 3 is 2.25 bits per heavy atom. The summed E-state index contributed by atoms with van der Waals surface area (Å²) >= 11 is 0. The number of ether oxygens (including phenoxy) is 2. The average molecular weight is 447 g/mol. The smallest absolute Gasteiger partial charge is 0.328 e.